The highest BCUT2D eigenvalue weighted by molar-refractivity contribution is 6.00. The molecule has 138 valence electrons. The molecule has 0 fully saturated rings. The van der Waals surface area contributed by atoms with Crippen LogP contribution in [-0.2, 0) is 17.8 Å². The molecule has 2 N–H and O–H groups in total. The Labute approximate surface area is 146 Å². The van der Waals surface area contributed by atoms with E-state index in [1.165, 1.54) is 12.1 Å². The average Bonchev–Trinajstić information content (AvgIpc) is 2.59. The number of fused-ring (bicyclic) bond motifs is 1. The molecule has 3 nitrogen and oxygen atoms in total. The minimum absolute atomic E-state index is 0.140. The molecule has 1 heterocycles. The van der Waals surface area contributed by atoms with Crippen LogP contribution in [0.1, 0.15) is 35.1 Å². The number of hydrogen-bond donors (Lipinski definition) is 1. The zero-order chi connectivity index (χ0) is 19.0. The van der Waals surface area contributed by atoms with Crippen LogP contribution in [0.25, 0.3) is 0 Å². The number of rotatable bonds is 4. The van der Waals surface area contributed by atoms with E-state index < -0.39 is 36.2 Å². The maximum atomic E-state index is 14.1. The maximum absolute atomic E-state index is 14.1. The van der Waals surface area contributed by atoms with Gasteiger partial charge in [0.2, 0.25) is 5.91 Å². The molecule has 0 radical (unpaired) electrons. The molecule has 0 aliphatic carbocycles. The lowest BCUT2D eigenvalue weighted by atomic mass is 9.95. The van der Waals surface area contributed by atoms with Crippen molar-refractivity contribution in [2.24, 2.45) is 5.73 Å². The summed E-state index contributed by atoms with van der Waals surface area (Å²) in [7, 11) is 0. The molecule has 1 amide bonds. The Hall–Kier alpha value is -2.48. The number of amides is 1. The van der Waals surface area contributed by atoms with Gasteiger partial charge in [-0.2, -0.15) is 0 Å². The summed E-state index contributed by atoms with van der Waals surface area (Å²) in [4.78, 5) is 13.5. The average molecular weight is 370 g/mol. The van der Waals surface area contributed by atoms with E-state index in [2.05, 4.69) is 0 Å². The Balaban J connectivity index is 2.03. The summed E-state index contributed by atoms with van der Waals surface area (Å²) < 4.78 is 65.8. The molecule has 1 aliphatic rings. The standard InChI is InChI=1S/C18H15F5N2O/c19-13-4-3-10(16(20)21)5-12(13)8-25-15-7-11(17(22)23)2-1-9(15)6-14(24)18(25)26/h1-5,7,14,16-17H,6,8,24H2/t14-/m1/s1. The summed E-state index contributed by atoms with van der Waals surface area (Å²) in [6, 6.07) is 5.73. The van der Waals surface area contributed by atoms with E-state index in [0.717, 1.165) is 29.2 Å². The lowest BCUT2D eigenvalue weighted by Gasteiger charge is -2.33. The van der Waals surface area contributed by atoms with Crippen LogP contribution in [0.5, 0.6) is 0 Å². The van der Waals surface area contributed by atoms with Crippen molar-refractivity contribution in [3.63, 3.8) is 0 Å². The van der Waals surface area contributed by atoms with Crippen molar-refractivity contribution in [3.8, 4) is 0 Å². The number of hydrogen-bond acceptors (Lipinski definition) is 2. The van der Waals surface area contributed by atoms with Crippen molar-refractivity contribution in [3.05, 3.63) is 64.5 Å². The van der Waals surface area contributed by atoms with E-state index in [1.807, 2.05) is 0 Å². The fourth-order valence-corrected chi connectivity index (χ4v) is 2.97. The van der Waals surface area contributed by atoms with Gasteiger partial charge in [-0.05, 0) is 30.2 Å². The largest absolute Gasteiger partial charge is 0.320 e. The van der Waals surface area contributed by atoms with Gasteiger partial charge in [-0.15, -0.1) is 0 Å². The third kappa shape index (κ3) is 3.41. The Bertz CT molecular complexity index is 840. The number of halogens is 5. The summed E-state index contributed by atoms with van der Waals surface area (Å²) in [6.45, 7) is -0.376. The Morgan fingerprint density at radius 3 is 2.31 bits per heavy atom. The number of carbonyl (C=O) groups excluding carboxylic acids is 1. The molecule has 0 unspecified atom stereocenters. The third-order valence-corrected chi connectivity index (χ3v) is 4.33. The second-order valence-corrected chi connectivity index (χ2v) is 6.08. The molecule has 3 rings (SSSR count). The van der Waals surface area contributed by atoms with Gasteiger partial charge in [0.1, 0.15) is 5.82 Å². The van der Waals surface area contributed by atoms with E-state index in [9.17, 15) is 26.7 Å². The molecule has 2 aromatic rings. The molecule has 2 aromatic carbocycles. The van der Waals surface area contributed by atoms with Gasteiger partial charge in [-0.1, -0.05) is 18.2 Å². The Morgan fingerprint density at radius 2 is 1.65 bits per heavy atom. The maximum Gasteiger partial charge on any atom is 0.263 e. The fourth-order valence-electron chi connectivity index (χ4n) is 2.97. The topological polar surface area (TPSA) is 46.3 Å². The zero-order valence-electron chi connectivity index (χ0n) is 13.4. The summed E-state index contributed by atoms with van der Waals surface area (Å²) >= 11 is 0. The highest BCUT2D eigenvalue weighted by Crippen LogP contribution is 2.33. The van der Waals surface area contributed by atoms with E-state index in [-0.39, 0.29) is 29.8 Å². The number of nitrogens with two attached hydrogens (primary N) is 1. The van der Waals surface area contributed by atoms with Crippen molar-refractivity contribution in [1.29, 1.82) is 0 Å². The van der Waals surface area contributed by atoms with Gasteiger partial charge in [-0.3, -0.25) is 4.79 Å². The third-order valence-electron chi connectivity index (χ3n) is 4.33. The quantitative estimate of drug-likeness (QED) is 0.823. The smallest absolute Gasteiger partial charge is 0.263 e. The number of anilines is 1. The Morgan fingerprint density at radius 1 is 1.04 bits per heavy atom. The molecule has 0 spiro atoms. The predicted molar refractivity (Wildman–Crippen MR) is 85.6 cm³/mol. The summed E-state index contributed by atoms with van der Waals surface area (Å²) in [6.07, 6.45) is -5.38. The number of alkyl halides is 4. The van der Waals surface area contributed by atoms with Crippen molar-refractivity contribution < 1.29 is 26.7 Å². The van der Waals surface area contributed by atoms with Gasteiger partial charge in [0, 0.05) is 22.4 Å². The molecule has 1 aliphatic heterocycles. The van der Waals surface area contributed by atoms with Crippen molar-refractivity contribution in [2.75, 3.05) is 4.90 Å². The molecule has 0 saturated heterocycles. The molecule has 0 aromatic heterocycles. The van der Waals surface area contributed by atoms with Crippen LogP contribution >= 0.6 is 0 Å². The van der Waals surface area contributed by atoms with Crippen LogP contribution in [-0.4, -0.2) is 11.9 Å². The van der Waals surface area contributed by atoms with Gasteiger partial charge in [0.15, 0.2) is 0 Å². The number of carbonyl (C=O) groups is 1. The molecule has 0 bridgehead atoms. The van der Waals surface area contributed by atoms with Gasteiger partial charge in [0.25, 0.3) is 12.9 Å². The highest BCUT2D eigenvalue weighted by atomic mass is 19.3. The molecule has 26 heavy (non-hydrogen) atoms. The van der Waals surface area contributed by atoms with E-state index >= 15 is 0 Å². The minimum atomic E-state index is -2.80. The van der Waals surface area contributed by atoms with Crippen LogP contribution in [0.15, 0.2) is 36.4 Å². The van der Waals surface area contributed by atoms with Crippen LogP contribution in [0, 0.1) is 5.82 Å². The van der Waals surface area contributed by atoms with Gasteiger partial charge >= 0.3 is 0 Å². The monoisotopic (exact) mass is 370 g/mol. The van der Waals surface area contributed by atoms with Crippen molar-refractivity contribution >= 4 is 11.6 Å². The minimum Gasteiger partial charge on any atom is -0.320 e. The van der Waals surface area contributed by atoms with E-state index in [1.54, 1.807) is 0 Å². The predicted octanol–water partition coefficient (Wildman–Crippen LogP) is 4.12. The van der Waals surface area contributed by atoms with Crippen LogP contribution < -0.4 is 10.6 Å². The molecular weight excluding hydrogens is 355 g/mol. The van der Waals surface area contributed by atoms with E-state index in [4.69, 9.17) is 5.73 Å². The first-order valence-corrected chi connectivity index (χ1v) is 7.82. The molecule has 1 atom stereocenters. The van der Waals surface area contributed by atoms with Gasteiger partial charge in [-0.25, -0.2) is 22.0 Å². The van der Waals surface area contributed by atoms with Crippen molar-refractivity contribution in [2.45, 2.75) is 31.9 Å². The Kier molecular flexibility index (Phi) is 4.95. The summed E-state index contributed by atoms with van der Waals surface area (Å²) in [5.74, 6) is -1.35. The molecular formula is C18H15F5N2O. The summed E-state index contributed by atoms with van der Waals surface area (Å²) in [5, 5.41) is 0. The van der Waals surface area contributed by atoms with Gasteiger partial charge in [0.05, 0.1) is 12.6 Å². The summed E-state index contributed by atoms with van der Waals surface area (Å²) in [5.41, 5.74) is 5.73. The normalized spacial score (nSPS) is 17.2. The van der Waals surface area contributed by atoms with Gasteiger partial charge < -0.3 is 10.6 Å². The second-order valence-electron chi connectivity index (χ2n) is 6.08. The first-order valence-electron chi connectivity index (χ1n) is 7.82. The lowest BCUT2D eigenvalue weighted by Crippen LogP contribution is -2.48. The molecule has 0 saturated carbocycles. The van der Waals surface area contributed by atoms with Crippen molar-refractivity contribution in [1.82, 2.24) is 0 Å². The first kappa shape index (κ1) is 18.3. The SMILES string of the molecule is N[C@@H]1Cc2ccc(C(F)F)cc2N(Cc2cc(C(F)F)ccc2F)C1=O. The second kappa shape index (κ2) is 7.03. The van der Waals surface area contributed by atoms with E-state index in [0.29, 0.717) is 5.56 Å². The zero-order valence-corrected chi connectivity index (χ0v) is 13.4. The highest BCUT2D eigenvalue weighted by Gasteiger charge is 2.32. The lowest BCUT2D eigenvalue weighted by molar-refractivity contribution is -0.120. The van der Waals surface area contributed by atoms with Crippen LogP contribution in [0.4, 0.5) is 27.6 Å². The van der Waals surface area contributed by atoms with Crippen LogP contribution in [0.2, 0.25) is 0 Å². The van der Waals surface area contributed by atoms with Crippen LogP contribution in [0.3, 0.4) is 0 Å². The molecule has 8 heteroatoms. The number of benzene rings is 2. The first-order chi connectivity index (χ1) is 12.3. The fraction of sp³-hybridized carbons (Fsp3) is 0.278. The number of nitrogens with zero attached hydrogens (tertiary/aromatic N) is 1.